The van der Waals surface area contributed by atoms with Gasteiger partial charge in [0.25, 0.3) is 0 Å². The molecule has 1 aliphatic rings. The van der Waals surface area contributed by atoms with Crippen molar-refractivity contribution >= 4 is 24.0 Å². The molecule has 0 amide bonds. The Labute approximate surface area is 156 Å². The zero-order valence-corrected chi connectivity index (χ0v) is 15.4. The van der Waals surface area contributed by atoms with Crippen LogP contribution in [-0.4, -0.2) is 6.04 Å². The summed E-state index contributed by atoms with van der Waals surface area (Å²) in [5.41, 5.74) is 2.32. The first kappa shape index (κ1) is 19.1. The molecule has 0 unspecified atom stereocenters. The molecule has 0 heterocycles. The highest BCUT2D eigenvalue weighted by Gasteiger charge is 2.12. The minimum Gasteiger partial charge on any atom is -0.489 e. The lowest BCUT2D eigenvalue weighted by atomic mass is 9.95. The molecule has 24 heavy (non-hydrogen) atoms. The van der Waals surface area contributed by atoms with Crippen LogP contribution in [0.25, 0.3) is 0 Å². The van der Waals surface area contributed by atoms with Gasteiger partial charge in [-0.3, -0.25) is 0 Å². The highest BCUT2D eigenvalue weighted by Crippen LogP contribution is 2.20. The third-order valence-corrected chi connectivity index (χ3v) is 4.84. The summed E-state index contributed by atoms with van der Waals surface area (Å²) in [5, 5.41) is 4.42. The smallest absolute Gasteiger partial charge is 0.119 e. The Balaban J connectivity index is 0.00000208. The van der Waals surface area contributed by atoms with Crippen LogP contribution >= 0.6 is 24.0 Å². The first-order valence-electron chi connectivity index (χ1n) is 8.50. The van der Waals surface area contributed by atoms with Gasteiger partial charge in [-0.05, 0) is 36.6 Å². The zero-order valence-electron chi connectivity index (χ0n) is 13.8. The maximum atomic E-state index is 6.14. The van der Waals surface area contributed by atoms with Crippen molar-refractivity contribution in [2.24, 2.45) is 0 Å². The lowest BCUT2D eigenvalue weighted by molar-refractivity contribution is 0.306. The molecule has 1 aliphatic carbocycles. The quantitative estimate of drug-likeness (QED) is 0.701. The van der Waals surface area contributed by atoms with E-state index in [0.717, 1.165) is 22.9 Å². The fourth-order valence-electron chi connectivity index (χ4n) is 3.05. The average Bonchev–Trinajstić information content (AvgIpc) is 2.61. The molecule has 130 valence electrons. The second-order valence-corrected chi connectivity index (χ2v) is 6.65. The second-order valence-electron chi connectivity index (χ2n) is 6.24. The third kappa shape index (κ3) is 5.70. The number of hydrogen-bond acceptors (Lipinski definition) is 2. The summed E-state index contributed by atoms with van der Waals surface area (Å²) in [6, 6.07) is 16.8. The Bertz CT molecular complexity index is 609. The Hall–Kier alpha value is -1.22. The van der Waals surface area contributed by atoms with Crippen LogP contribution in [0.1, 0.15) is 43.2 Å². The summed E-state index contributed by atoms with van der Waals surface area (Å²) in [7, 11) is 0. The zero-order chi connectivity index (χ0) is 15.9. The molecule has 0 radical (unpaired) electrons. The van der Waals surface area contributed by atoms with E-state index in [1.165, 1.54) is 37.7 Å². The number of halogens is 2. The van der Waals surface area contributed by atoms with E-state index in [4.69, 9.17) is 16.3 Å². The topological polar surface area (TPSA) is 21.3 Å². The molecule has 2 nitrogen and oxygen atoms in total. The van der Waals surface area contributed by atoms with Crippen molar-refractivity contribution in [1.29, 1.82) is 0 Å². The van der Waals surface area contributed by atoms with Crippen molar-refractivity contribution in [3.63, 3.8) is 0 Å². The number of benzene rings is 2. The van der Waals surface area contributed by atoms with Gasteiger partial charge in [0.05, 0.1) is 0 Å². The minimum atomic E-state index is 0. The van der Waals surface area contributed by atoms with Gasteiger partial charge in [0, 0.05) is 23.2 Å². The Kier molecular flexibility index (Phi) is 7.90. The van der Waals surface area contributed by atoms with Crippen LogP contribution in [0.5, 0.6) is 5.75 Å². The van der Waals surface area contributed by atoms with Crippen molar-refractivity contribution in [3.8, 4) is 5.75 Å². The molecule has 2 aromatic rings. The van der Waals surface area contributed by atoms with Gasteiger partial charge in [-0.1, -0.05) is 61.2 Å². The highest BCUT2D eigenvalue weighted by molar-refractivity contribution is 6.31. The number of ether oxygens (including phenoxy) is 1. The molecule has 0 spiro atoms. The van der Waals surface area contributed by atoms with Crippen molar-refractivity contribution in [1.82, 2.24) is 5.32 Å². The first-order valence-corrected chi connectivity index (χ1v) is 8.87. The molecule has 0 aliphatic heterocycles. The maximum absolute atomic E-state index is 6.14. The van der Waals surface area contributed by atoms with E-state index >= 15 is 0 Å². The Morgan fingerprint density at radius 3 is 2.38 bits per heavy atom. The molecule has 0 aromatic heterocycles. The summed E-state index contributed by atoms with van der Waals surface area (Å²) in [6.45, 7) is 1.44. The fraction of sp³-hybridized carbons (Fsp3) is 0.400. The molecule has 0 bridgehead atoms. The summed E-state index contributed by atoms with van der Waals surface area (Å²) in [6.07, 6.45) is 6.77. The molecule has 3 rings (SSSR count). The molecule has 2 aromatic carbocycles. The van der Waals surface area contributed by atoms with Gasteiger partial charge >= 0.3 is 0 Å². The molecular formula is C20H25Cl2NO. The predicted molar refractivity (Wildman–Crippen MR) is 103 cm³/mol. The van der Waals surface area contributed by atoms with Gasteiger partial charge in [-0.2, -0.15) is 0 Å². The van der Waals surface area contributed by atoms with E-state index in [1.807, 2.05) is 36.4 Å². The van der Waals surface area contributed by atoms with Gasteiger partial charge in [0.15, 0.2) is 0 Å². The molecule has 1 fully saturated rings. The lowest BCUT2D eigenvalue weighted by Crippen LogP contribution is -2.30. The normalized spacial score (nSPS) is 14.9. The summed E-state index contributed by atoms with van der Waals surface area (Å²) in [4.78, 5) is 0. The molecule has 0 atom stereocenters. The first-order chi connectivity index (χ1) is 11.3. The van der Waals surface area contributed by atoms with E-state index in [1.54, 1.807) is 0 Å². The van der Waals surface area contributed by atoms with Crippen LogP contribution in [0.4, 0.5) is 0 Å². The monoisotopic (exact) mass is 365 g/mol. The van der Waals surface area contributed by atoms with Crippen molar-refractivity contribution in [2.45, 2.75) is 51.3 Å². The molecule has 1 N–H and O–H groups in total. The minimum absolute atomic E-state index is 0. The number of hydrogen-bond donors (Lipinski definition) is 1. The van der Waals surface area contributed by atoms with Crippen LogP contribution < -0.4 is 10.1 Å². The van der Waals surface area contributed by atoms with Crippen LogP contribution in [0, 0.1) is 0 Å². The van der Waals surface area contributed by atoms with Gasteiger partial charge in [0.2, 0.25) is 0 Å². The van der Waals surface area contributed by atoms with Gasteiger partial charge in [0.1, 0.15) is 12.4 Å². The second kappa shape index (κ2) is 9.93. The Morgan fingerprint density at radius 1 is 0.958 bits per heavy atom. The van der Waals surface area contributed by atoms with Crippen LogP contribution in [0.15, 0.2) is 48.5 Å². The van der Waals surface area contributed by atoms with E-state index in [-0.39, 0.29) is 12.4 Å². The number of nitrogens with one attached hydrogen (secondary N) is 1. The predicted octanol–water partition coefficient (Wildman–Crippen LogP) is 5.76. The van der Waals surface area contributed by atoms with E-state index in [0.29, 0.717) is 12.6 Å². The summed E-state index contributed by atoms with van der Waals surface area (Å²) < 4.78 is 5.82. The average molecular weight is 366 g/mol. The molecule has 4 heteroatoms. The largest absolute Gasteiger partial charge is 0.489 e. The number of rotatable bonds is 6. The molecular weight excluding hydrogens is 341 g/mol. The standard InChI is InChI=1S/C20H24ClNO.ClH/c21-20-9-5-4-6-17(20)15-23-19-12-10-16(11-13-19)14-22-18-7-2-1-3-8-18;/h4-6,9-13,18,22H,1-3,7-8,14-15H2;1H. The third-order valence-electron chi connectivity index (χ3n) is 4.48. The van der Waals surface area contributed by atoms with E-state index in [9.17, 15) is 0 Å². The van der Waals surface area contributed by atoms with E-state index < -0.39 is 0 Å². The molecule has 0 saturated heterocycles. The van der Waals surface area contributed by atoms with Gasteiger partial charge in [-0.15, -0.1) is 12.4 Å². The Morgan fingerprint density at radius 2 is 1.67 bits per heavy atom. The van der Waals surface area contributed by atoms with Crippen molar-refractivity contribution in [2.75, 3.05) is 0 Å². The van der Waals surface area contributed by atoms with Crippen LogP contribution in [-0.2, 0) is 13.2 Å². The SMILES string of the molecule is Cl.Clc1ccccc1COc1ccc(CNC2CCCCC2)cc1. The van der Waals surface area contributed by atoms with Crippen molar-refractivity contribution in [3.05, 3.63) is 64.7 Å². The van der Waals surface area contributed by atoms with Crippen molar-refractivity contribution < 1.29 is 4.74 Å². The fourth-order valence-corrected chi connectivity index (χ4v) is 3.24. The highest BCUT2D eigenvalue weighted by atomic mass is 35.5. The van der Waals surface area contributed by atoms with Crippen LogP contribution in [0.2, 0.25) is 5.02 Å². The molecule has 1 saturated carbocycles. The van der Waals surface area contributed by atoms with Gasteiger partial charge < -0.3 is 10.1 Å². The van der Waals surface area contributed by atoms with Crippen LogP contribution in [0.3, 0.4) is 0 Å². The van der Waals surface area contributed by atoms with Gasteiger partial charge in [-0.25, -0.2) is 0 Å². The summed E-state index contributed by atoms with van der Waals surface area (Å²) >= 11 is 6.14. The summed E-state index contributed by atoms with van der Waals surface area (Å²) in [5.74, 6) is 0.881. The maximum Gasteiger partial charge on any atom is 0.119 e. The lowest BCUT2D eigenvalue weighted by Gasteiger charge is -2.22. The van der Waals surface area contributed by atoms with E-state index in [2.05, 4.69) is 17.4 Å².